The smallest absolute Gasteiger partial charge is 0.257 e. The molecule has 206 valence electrons. The van der Waals surface area contributed by atoms with Gasteiger partial charge in [0.05, 0.1) is 24.0 Å². The van der Waals surface area contributed by atoms with Gasteiger partial charge in [-0.25, -0.2) is 8.42 Å². The van der Waals surface area contributed by atoms with Gasteiger partial charge in [0.25, 0.3) is 11.8 Å². The number of nitrogens with zero attached hydrogens (tertiary/aromatic N) is 2. The third kappa shape index (κ3) is 6.13. The third-order valence-electron chi connectivity index (χ3n) is 6.63. The van der Waals surface area contributed by atoms with Crippen molar-refractivity contribution in [3.8, 4) is 17.2 Å². The molecule has 2 heterocycles. The van der Waals surface area contributed by atoms with Gasteiger partial charge in [0.15, 0.2) is 11.5 Å². The molecule has 12 heteroatoms. The zero-order valence-corrected chi connectivity index (χ0v) is 22.9. The van der Waals surface area contributed by atoms with Gasteiger partial charge in [0, 0.05) is 44.4 Å². The van der Waals surface area contributed by atoms with Gasteiger partial charge >= 0.3 is 0 Å². The first kappa shape index (κ1) is 27.5. The minimum Gasteiger partial charge on any atom is -0.491 e. The van der Waals surface area contributed by atoms with Crippen LogP contribution in [0.1, 0.15) is 34.6 Å². The number of carbonyl (C=O) groups excluding carboxylic acids is 2. The molecule has 38 heavy (non-hydrogen) atoms. The summed E-state index contributed by atoms with van der Waals surface area (Å²) in [5, 5.41) is 0. The molecule has 0 aliphatic carbocycles. The second-order valence-corrected chi connectivity index (χ2v) is 11.5. The summed E-state index contributed by atoms with van der Waals surface area (Å²) in [6.45, 7) is 4.67. The van der Waals surface area contributed by atoms with E-state index in [2.05, 4.69) is 4.72 Å². The van der Waals surface area contributed by atoms with Crippen molar-refractivity contribution in [2.75, 3.05) is 51.6 Å². The van der Waals surface area contributed by atoms with Crippen LogP contribution in [-0.4, -0.2) is 89.1 Å². The molecule has 0 spiro atoms. The maximum Gasteiger partial charge on any atom is 0.257 e. The Kier molecular flexibility index (Phi) is 8.02. The van der Waals surface area contributed by atoms with E-state index in [1.54, 1.807) is 43.3 Å². The Morgan fingerprint density at radius 2 is 1.74 bits per heavy atom. The monoisotopic (exact) mass is 547 g/mol. The summed E-state index contributed by atoms with van der Waals surface area (Å²) in [7, 11) is -0.330. The third-order valence-corrected chi connectivity index (χ3v) is 7.23. The highest BCUT2D eigenvalue weighted by Gasteiger charge is 2.31. The summed E-state index contributed by atoms with van der Waals surface area (Å²) < 4.78 is 48.5. The Balaban J connectivity index is 1.68. The Hall–Kier alpha value is -3.51. The number of methoxy groups -OCH3 is 1. The van der Waals surface area contributed by atoms with Crippen LogP contribution in [0.25, 0.3) is 0 Å². The van der Waals surface area contributed by atoms with Gasteiger partial charge in [-0.05, 0) is 43.3 Å². The lowest BCUT2D eigenvalue weighted by molar-refractivity contribution is 0.0111. The molecule has 0 bridgehead atoms. The van der Waals surface area contributed by atoms with Crippen molar-refractivity contribution in [1.82, 2.24) is 9.80 Å². The maximum absolute atomic E-state index is 13.7. The average Bonchev–Trinajstić information content (AvgIpc) is 3.34. The van der Waals surface area contributed by atoms with Crippen molar-refractivity contribution < 1.29 is 37.0 Å². The van der Waals surface area contributed by atoms with Crippen LogP contribution >= 0.6 is 0 Å². The van der Waals surface area contributed by atoms with Crippen LogP contribution in [0.2, 0.25) is 0 Å². The topological polar surface area (TPSA) is 124 Å². The van der Waals surface area contributed by atoms with Gasteiger partial charge in [-0.15, -0.1) is 0 Å². The van der Waals surface area contributed by atoms with Gasteiger partial charge in [-0.2, -0.15) is 0 Å². The average molecular weight is 548 g/mol. The number of benzene rings is 2. The summed E-state index contributed by atoms with van der Waals surface area (Å²) in [5.74, 6) is 0.722. The predicted molar refractivity (Wildman–Crippen MR) is 140 cm³/mol. The van der Waals surface area contributed by atoms with Gasteiger partial charge in [-0.3, -0.25) is 14.3 Å². The highest BCUT2D eigenvalue weighted by molar-refractivity contribution is 7.92. The molecule has 2 amide bonds. The number of hydrogen-bond acceptors (Lipinski definition) is 8. The van der Waals surface area contributed by atoms with E-state index in [1.807, 2.05) is 13.8 Å². The molecule has 0 fully saturated rings. The molecular weight excluding hydrogens is 514 g/mol. The minimum atomic E-state index is -3.55. The highest BCUT2D eigenvalue weighted by Crippen LogP contribution is 2.33. The Labute approximate surface area is 222 Å². The summed E-state index contributed by atoms with van der Waals surface area (Å²) >= 11 is 0. The van der Waals surface area contributed by atoms with Crippen molar-refractivity contribution in [3.05, 3.63) is 47.5 Å². The summed E-state index contributed by atoms with van der Waals surface area (Å²) in [6, 6.07) is 9.25. The van der Waals surface area contributed by atoms with Crippen LogP contribution in [0.4, 0.5) is 5.69 Å². The van der Waals surface area contributed by atoms with Gasteiger partial charge in [-0.1, -0.05) is 6.92 Å². The number of ether oxygens (including phenoxy) is 4. The number of fused-ring (bicyclic) bond motifs is 2. The summed E-state index contributed by atoms with van der Waals surface area (Å²) in [5.41, 5.74) is 0.900. The molecule has 11 nitrogen and oxygen atoms in total. The zero-order chi connectivity index (χ0) is 27.6. The van der Waals surface area contributed by atoms with E-state index < -0.39 is 10.0 Å². The van der Waals surface area contributed by atoms with E-state index in [-0.39, 0.29) is 66.8 Å². The van der Waals surface area contributed by atoms with Crippen molar-refractivity contribution in [1.29, 1.82) is 0 Å². The lowest BCUT2D eigenvalue weighted by Gasteiger charge is -2.36. The first-order valence-electron chi connectivity index (χ1n) is 12.2. The van der Waals surface area contributed by atoms with Gasteiger partial charge in [0.1, 0.15) is 12.4 Å². The van der Waals surface area contributed by atoms with Crippen molar-refractivity contribution >= 4 is 27.5 Å². The normalized spacial score (nSPS) is 22.1. The molecule has 4 rings (SSSR count). The Morgan fingerprint density at radius 3 is 2.45 bits per heavy atom. The lowest BCUT2D eigenvalue weighted by Crippen LogP contribution is -2.48. The van der Waals surface area contributed by atoms with E-state index in [0.717, 1.165) is 6.26 Å². The quantitative estimate of drug-likeness (QED) is 0.619. The zero-order valence-electron chi connectivity index (χ0n) is 22.1. The molecular formula is C26H33N3O8S. The predicted octanol–water partition coefficient (Wildman–Crippen LogP) is 2.43. The second kappa shape index (κ2) is 11.1. The highest BCUT2D eigenvalue weighted by atomic mass is 32.2. The fourth-order valence-electron chi connectivity index (χ4n) is 4.53. The number of hydrogen-bond donors (Lipinski definition) is 1. The van der Waals surface area contributed by atoms with Crippen LogP contribution < -0.4 is 18.9 Å². The van der Waals surface area contributed by atoms with Gasteiger partial charge < -0.3 is 28.7 Å². The molecule has 0 unspecified atom stereocenters. The largest absolute Gasteiger partial charge is 0.491 e. The lowest BCUT2D eigenvalue weighted by atomic mass is 10.0. The van der Waals surface area contributed by atoms with Crippen molar-refractivity contribution in [3.63, 3.8) is 0 Å². The molecule has 0 radical (unpaired) electrons. The molecule has 3 atom stereocenters. The summed E-state index contributed by atoms with van der Waals surface area (Å²) in [6.07, 6.45) is 0.666. The molecule has 2 aromatic carbocycles. The molecule has 0 saturated carbocycles. The molecule has 2 aliphatic heterocycles. The number of anilines is 1. The first-order valence-corrected chi connectivity index (χ1v) is 14.1. The van der Waals surface area contributed by atoms with E-state index in [4.69, 9.17) is 18.9 Å². The minimum absolute atomic E-state index is 0.101. The molecule has 0 saturated heterocycles. The van der Waals surface area contributed by atoms with E-state index in [1.165, 1.54) is 17.0 Å². The number of sulfonamides is 1. The second-order valence-electron chi connectivity index (χ2n) is 9.71. The van der Waals surface area contributed by atoms with Crippen molar-refractivity contribution in [2.45, 2.75) is 26.0 Å². The number of likely N-dealkylation sites (N-methyl/N-ethyl adjacent to an activating group) is 1. The Morgan fingerprint density at radius 1 is 1.03 bits per heavy atom. The van der Waals surface area contributed by atoms with Crippen LogP contribution in [-0.2, 0) is 14.8 Å². The first-order chi connectivity index (χ1) is 18.0. The van der Waals surface area contributed by atoms with Crippen LogP contribution in [0.5, 0.6) is 17.2 Å². The van der Waals surface area contributed by atoms with Crippen LogP contribution in [0.3, 0.4) is 0 Å². The number of nitrogens with one attached hydrogen (secondary N) is 1. The number of amides is 2. The molecule has 2 aromatic rings. The molecule has 0 aromatic heterocycles. The Bertz CT molecular complexity index is 1320. The van der Waals surface area contributed by atoms with Gasteiger partial charge in [0.2, 0.25) is 16.8 Å². The molecule has 1 N–H and O–H groups in total. The molecule has 2 aliphatic rings. The standard InChI is InChI=1S/C26H33N3O8S/c1-16-12-29(25(30)18-6-8-22-23(10-18)37-15-36-22)17(2)14-35-21-9-7-19(27-38(5,32)33)11-20(21)26(31)28(3)13-24(16)34-4/h6-11,16-17,24,27H,12-15H2,1-5H3/t16-,17-,24-/m1/s1. The van der Waals surface area contributed by atoms with E-state index in [9.17, 15) is 18.0 Å². The fraction of sp³-hybridized carbons (Fsp3) is 0.462. The number of carbonyl (C=O) groups is 2. The maximum atomic E-state index is 13.7. The van der Waals surface area contributed by atoms with E-state index >= 15 is 0 Å². The van der Waals surface area contributed by atoms with Crippen molar-refractivity contribution in [2.24, 2.45) is 5.92 Å². The number of rotatable bonds is 4. The van der Waals surface area contributed by atoms with Crippen LogP contribution in [0, 0.1) is 5.92 Å². The van der Waals surface area contributed by atoms with E-state index in [0.29, 0.717) is 23.6 Å². The summed E-state index contributed by atoms with van der Waals surface area (Å²) in [4.78, 5) is 30.3. The SMILES string of the molecule is CO[C@@H]1CN(C)C(=O)c2cc(NS(C)(=O)=O)ccc2OC[C@@H](C)N(C(=O)c2ccc3c(c2)OCO3)C[C@H]1C. The fourth-order valence-corrected chi connectivity index (χ4v) is 5.09. The van der Waals surface area contributed by atoms with Crippen LogP contribution in [0.15, 0.2) is 36.4 Å².